The average molecular weight is 196 g/mol. The summed E-state index contributed by atoms with van der Waals surface area (Å²) in [6, 6.07) is 0. The van der Waals surface area contributed by atoms with Gasteiger partial charge in [0.25, 0.3) is 5.89 Å². The lowest BCUT2D eigenvalue weighted by atomic mass is 10.5. The monoisotopic (exact) mass is 196 g/mol. The summed E-state index contributed by atoms with van der Waals surface area (Å²) in [6.07, 6.45) is 1.60. The Kier molecular flexibility index (Phi) is 2.11. The molecular weight excluding hydrogens is 188 g/mol. The van der Waals surface area contributed by atoms with E-state index in [1.165, 1.54) is 0 Å². The van der Waals surface area contributed by atoms with Crippen molar-refractivity contribution < 1.29 is 4.42 Å². The summed E-state index contributed by atoms with van der Waals surface area (Å²) in [5, 5.41) is 13.3. The van der Waals surface area contributed by atoms with Gasteiger partial charge in [0.2, 0.25) is 0 Å². The summed E-state index contributed by atoms with van der Waals surface area (Å²) in [4.78, 5) is 10.6. The lowest BCUT2D eigenvalue weighted by molar-refractivity contribution is 0.525. The van der Waals surface area contributed by atoms with Crippen molar-refractivity contribution in [2.75, 3.05) is 6.54 Å². The maximum atomic E-state index is 10.6. The number of nitrogens with one attached hydrogen (secondary N) is 1. The highest BCUT2D eigenvalue weighted by molar-refractivity contribution is 5.42. The van der Waals surface area contributed by atoms with Gasteiger partial charge < -0.3 is 10.2 Å². The van der Waals surface area contributed by atoms with Crippen LogP contribution in [0.15, 0.2) is 15.4 Å². The van der Waals surface area contributed by atoms with E-state index in [9.17, 15) is 4.79 Å². The minimum atomic E-state index is -0.617. The van der Waals surface area contributed by atoms with Crippen LogP contribution in [-0.2, 0) is 6.54 Å². The van der Waals surface area contributed by atoms with Crippen molar-refractivity contribution in [2.45, 2.75) is 6.54 Å². The molecule has 74 valence electrons. The molecule has 2 rings (SSSR count). The first-order valence-corrected chi connectivity index (χ1v) is 3.95. The molecule has 0 aliphatic carbocycles. The van der Waals surface area contributed by atoms with Crippen molar-refractivity contribution in [3.8, 4) is 11.6 Å². The predicted molar refractivity (Wildman–Crippen MR) is 45.2 cm³/mol. The first-order valence-electron chi connectivity index (χ1n) is 3.95. The Labute approximate surface area is 77.7 Å². The van der Waals surface area contributed by atoms with E-state index in [0.29, 0.717) is 18.8 Å². The van der Waals surface area contributed by atoms with Gasteiger partial charge in [-0.15, -0.1) is 10.2 Å². The minimum Gasteiger partial charge on any atom is -0.386 e. The maximum absolute atomic E-state index is 10.6. The van der Waals surface area contributed by atoms with E-state index < -0.39 is 5.76 Å². The molecule has 8 heteroatoms. The van der Waals surface area contributed by atoms with E-state index in [-0.39, 0.29) is 5.89 Å². The smallest absolute Gasteiger partial charge is 0.386 e. The summed E-state index contributed by atoms with van der Waals surface area (Å²) in [5.41, 5.74) is 5.73. The minimum absolute atomic E-state index is 0.123. The van der Waals surface area contributed by atoms with Crippen molar-refractivity contribution in [1.29, 1.82) is 0 Å². The Hall–Kier alpha value is -1.96. The summed E-state index contributed by atoms with van der Waals surface area (Å²) in [5.74, 6) is -0.494. The van der Waals surface area contributed by atoms with Gasteiger partial charge in [0.1, 0.15) is 0 Å². The van der Waals surface area contributed by atoms with Gasteiger partial charge in [-0.2, -0.15) is 0 Å². The summed E-state index contributed by atoms with van der Waals surface area (Å²) < 4.78 is 6.24. The lowest BCUT2D eigenvalue weighted by Gasteiger charge is -1.91. The third-order valence-electron chi connectivity index (χ3n) is 1.55. The number of hydrogen-bond donors (Lipinski definition) is 2. The van der Waals surface area contributed by atoms with Crippen LogP contribution in [0.25, 0.3) is 11.6 Å². The van der Waals surface area contributed by atoms with Crippen molar-refractivity contribution >= 4 is 0 Å². The second-order valence-corrected chi connectivity index (χ2v) is 2.57. The number of aromatic nitrogens is 5. The SMILES string of the molecule is NCCn1cc(-c2n[nH]c(=O)o2)nn1. The van der Waals surface area contributed by atoms with Gasteiger partial charge in [-0.25, -0.2) is 9.89 Å². The zero-order chi connectivity index (χ0) is 9.97. The Morgan fingerprint density at radius 3 is 3.14 bits per heavy atom. The van der Waals surface area contributed by atoms with Gasteiger partial charge in [-0.05, 0) is 0 Å². The number of nitrogens with two attached hydrogens (primary N) is 1. The lowest BCUT2D eigenvalue weighted by Crippen LogP contribution is -2.10. The normalized spacial score (nSPS) is 10.6. The quantitative estimate of drug-likeness (QED) is 0.622. The molecule has 14 heavy (non-hydrogen) atoms. The first-order chi connectivity index (χ1) is 6.79. The number of aromatic amines is 1. The Morgan fingerprint density at radius 1 is 1.64 bits per heavy atom. The number of nitrogens with zero attached hydrogens (tertiary/aromatic N) is 4. The zero-order valence-electron chi connectivity index (χ0n) is 7.17. The van der Waals surface area contributed by atoms with Crippen molar-refractivity contribution in [1.82, 2.24) is 25.2 Å². The van der Waals surface area contributed by atoms with E-state index in [2.05, 4.69) is 20.5 Å². The second-order valence-electron chi connectivity index (χ2n) is 2.57. The van der Waals surface area contributed by atoms with Gasteiger partial charge in [-0.1, -0.05) is 5.21 Å². The maximum Gasteiger partial charge on any atom is 0.434 e. The van der Waals surface area contributed by atoms with Crippen LogP contribution < -0.4 is 11.5 Å². The third kappa shape index (κ3) is 1.55. The van der Waals surface area contributed by atoms with Crippen molar-refractivity contribution in [3.63, 3.8) is 0 Å². The summed E-state index contributed by atoms with van der Waals surface area (Å²) >= 11 is 0. The zero-order valence-corrected chi connectivity index (χ0v) is 7.17. The molecule has 0 spiro atoms. The van der Waals surface area contributed by atoms with Crippen LogP contribution >= 0.6 is 0 Å². The highest BCUT2D eigenvalue weighted by atomic mass is 16.4. The molecule has 0 saturated heterocycles. The van der Waals surface area contributed by atoms with E-state index >= 15 is 0 Å². The average Bonchev–Trinajstić information content (AvgIpc) is 2.74. The van der Waals surface area contributed by atoms with Gasteiger partial charge in [0, 0.05) is 6.54 Å². The summed E-state index contributed by atoms with van der Waals surface area (Å²) in [6.45, 7) is 1.02. The molecular formula is C6H8N6O2. The molecule has 0 fully saturated rings. The van der Waals surface area contributed by atoms with Crippen LogP contribution in [0.2, 0.25) is 0 Å². The third-order valence-corrected chi connectivity index (χ3v) is 1.55. The molecule has 2 aromatic heterocycles. The molecule has 2 aromatic rings. The fourth-order valence-corrected chi connectivity index (χ4v) is 0.977. The molecule has 0 aromatic carbocycles. The van der Waals surface area contributed by atoms with Crippen LogP contribution in [0, 0.1) is 0 Å². The van der Waals surface area contributed by atoms with E-state index in [4.69, 9.17) is 10.2 Å². The van der Waals surface area contributed by atoms with Crippen LogP contribution in [0.1, 0.15) is 0 Å². The molecule has 0 aliphatic heterocycles. The van der Waals surface area contributed by atoms with Gasteiger partial charge >= 0.3 is 5.76 Å². The highest BCUT2D eigenvalue weighted by Gasteiger charge is 2.09. The number of H-pyrrole nitrogens is 1. The Balaban J connectivity index is 2.28. The van der Waals surface area contributed by atoms with Gasteiger partial charge in [0.05, 0.1) is 12.7 Å². The Bertz CT molecular complexity index is 468. The molecule has 2 heterocycles. The second kappa shape index (κ2) is 3.42. The fourth-order valence-electron chi connectivity index (χ4n) is 0.977. The number of hydrogen-bond acceptors (Lipinski definition) is 6. The van der Waals surface area contributed by atoms with Crippen LogP contribution in [-0.4, -0.2) is 31.7 Å². The molecule has 0 saturated carbocycles. The van der Waals surface area contributed by atoms with Gasteiger partial charge in [0.15, 0.2) is 5.69 Å². The molecule has 0 bridgehead atoms. The summed E-state index contributed by atoms with van der Waals surface area (Å²) in [7, 11) is 0. The molecule has 8 nitrogen and oxygen atoms in total. The van der Waals surface area contributed by atoms with Crippen molar-refractivity contribution in [2.24, 2.45) is 5.73 Å². The predicted octanol–water partition coefficient (Wildman–Crippen LogP) is -1.42. The Morgan fingerprint density at radius 2 is 2.50 bits per heavy atom. The molecule has 0 unspecified atom stereocenters. The molecule has 0 aliphatic rings. The van der Waals surface area contributed by atoms with Gasteiger partial charge in [-0.3, -0.25) is 4.68 Å². The van der Waals surface area contributed by atoms with Crippen LogP contribution in [0.4, 0.5) is 0 Å². The van der Waals surface area contributed by atoms with E-state index in [0.717, 1.165) is 0 Å². The first kappa shape index (κ1) is 8.63. The largest absolute Gasteiger partial charge is 0.434 e. The molecule has 0 radical (unpaired) electrons. The molecule has 0 atom stereocenters. The van der Waals surface area contributed by atoms with E-state index in [1.54, 1.807) is 10.9 Å². The fraction of sp³-hybridized carbons (Fsp3) is 0.333. The van der Waals surface area contributed by atoms with Crippen molar-refractivity contribution in [3.05, 3.63) is 16.7 Å². The van der Waals surface area contributed by atoms with Crippen LogP contribution in [0.5, 0.6) is 0 Å². The number of rotatable bonds is 3. The topological polar surface area (TPSA) is 116 Å². The van der Waals surface area contributed by atoms with Crippen LogP contribution in [0.3, 0.4) is 0 Å². The molecule has 3 N–H and O–H groups in total. The molecule has 0 amide bonds. The van der Waals surface area contributed by atoms with E-state index in [1.807, 2.05) is 0 Å². The highest BCUT2D eigenvalue weighted by Crippen LogP contribution is 2.08. The standard InChI is InChI=1S/C6H8N6O2/c7-1-2-12-3-4(8-11-12)5-9-10-6(13)14-5/h3H,1-2,7H2,(H,10,13).